The fourth-order valence-corrected chi connectivity index (χ4v) is 1.61. The van der Waals surface area contributed by atoms with E-state index in [1.807, 2.05) is 13.8 Å². The maximum atomic E-state index is 11.2. The van der Waals surface area contributed by atoms with Gasteiger partial charge in [-0.25, -0.2) is 0 Å². The van der Waals surface area contributed by atoms with Crippen LogP contribution in [0.3, 0.4) is 0 Å². The van der Waals surface area contributed by atoms with E-state index in [-0.39, 0.29) is 11.8 Å². The van der Waals surface area contributed by atoms with E-state index in [2.05, 4.69) is 14.9 Å². The molecule has 1 rings (SSSR count). The predicted molar refractivity (Wildman–Crippen MR) is 47.4 cm³/mol. The summed E-state index contributed by atoms with van der Waals surface area (Å²) in [7, 11) is 1.60. The first-order valence-corrected chi connectivity index (χ1v) is 4.48. The molecule has 0 spiro atoms. The molecule has 5 heteroatoms. The quantitative estimate of drug-likeness (QED) is 0.748. The average molecular weight is 185 g/mol. The van der Waals surface area contributed by atoms with E-state index < -0.39 is 0 Å². The van der Waals surface area contributed by atoms with Gasteiger partial charge in [0.2, 0.25) is 0 Å². The molecule has 0 atom stereocenters. The number of aromatic nitrogens is 2. The smallest absolute Gasteiger partial charge is 0.264 e. The number of hydrogen-bond acceptors (Lipinski definition) is 4. The van der Waals surface area contributed by atoms with Crippen molar-refractivity contribution in [3.05, 3.63) is 10.6 Å². The Kier molecular flexibility index (Phi) is 2.75. The normalized spacial score (nSPS) is 10.3. The molecule has 0 aliphatic rings. The molecule has 0 saturated carbocycles. The number of nitrogens with zero attached hydrogens (tertiary/aromatic N) is 2. The molecule has 12 heavy (non-hydrogen) atoms. The van der Waals surface area contributed by atoms with Crippen molar-refractivity contribution in [2.24, 2.45) is 0 Å². The maximum Gasteiger partial charge on any atom is 0.264 e. The van der Waals surface area contributed by atoms with E-state index in [0.717, 1.165) is 17.2 Å². The van der Waals surface area contributed by atoms with Crippen molar-refractivity contribution >= 4 is 17.4 Å². The molecule has 1 heterocycles. The van der Waals surface area contributed by atoms with Gasteiger partial charge in [0, 0.05) is 7.05 Å². The van der Waals surface area contributed by atoms with Crippen LogP contribution in [-0.2, 0) is 0 Å². The van der Waals surface area contributed by atoms with Crippen LogP contribution in [0.2, 0.25) is 0 Å². The first-order valence-electron chi connectivity index (χ1n) is 3.71. The van der Waals surface area contributed by atoms with Gasteiger partial charge in [-0.3, -0.25) is 4.79 Å². The highest BCUT2D eigenvalue weighted by molar-refractivity contribution is 7.08. The second-order valence-electron chi connectivity index (χ2n) is 2.72. The zero-order valence-electron chi connectivity index (χ0n) is 7.29. The lowest BCUT2D eigenvalue weighted by Crippen LogP contribution is -2.18. The van der Waals surface area contributed by atoms with Crippen molar-refractivity contribution in [2.45, 2.75) is 19.8 Å². The molecule has 1 aromatic heterocycles. The molecule has 66 valence electrons. The number of nitrogens with one attached hydrogen (secondary N) is 1. The van der Waals surface area contributed by atoms with Crippen molar-refractivity contribution in [3.8, 4) is 0 Å². The summed E-state index contributed by atoms with van der Waals surface area (Å²) in [4.78, 5) is 11.8. The SMILES string of the molecule is CNC(=O)c1snnc1C(C)C. The van der Waals surface area contributed by atoms with E-state index >= 15 is 0 Å². The number of carbonyl (C=O) groups excluding carboxylic acids is 1. The first-order chi connectivity index (χ1) is 5.66. The van der Waals surface area contributed by atoms with Crippen LogP contribution < -0.4 is 5.32 Å². The van der Waals surface area contributed by atoms with Crippen LogP contribution in [0.25, 0.3) is 0 Å². The van der Waals surface area contributed by atoms with Gasteiger partial charge in [-0.15, -0.1) is 5.10 Å². The van der Waals surface area contributed by atoms with Crippen LogP contribution in [-0.4, -0.2) is 22.5 Å². The van der Waals surface area contributed by atoms with Gasteiger partial charge < -0.3 is 5.32 Å². The van der Waals surface area contributed by atoms with E-state index in [0.29, 0.717) is 4.88 Å². The third-order valence-corrected chi connectivity index (χ3v) is 2.23. The second-order valence-corrected chi connectivity index (χ2v) is 3.48. The Morgan fingerprint density at radius 3 is 2.75 bits per heavy atom. The van der Waals surface area contributed by atoms with E-state index in [9.17, 15) is 4.79 Å². The Morgan fingerprint density at radius 2 is 2.25 bits per heavy atom. The summed E-state index contributed by atoms with van der Waals surface area (Å²) in [6.07, 6.45) is 0. The van der Waals surface area contributed by atoms with E-state index in [1.54, 1.807) is 7.05 Å². The van der Waals surface area contributed by atoms with Gasteiger partial charge in [0.25, 0.3) is 5.91 Å². The number of hydrogen-bond donors (Lipinski definition) is 1. The minimum atomic E-state index is -0.103. The molecule has 1 amide bonds. The summed E-state index contributed by atoms with van der Waals surface area (Å²) >= 11 is 1.14. The monoisotopic (exact) mass is 185 g/mol. The maximum absolute atomic E-state index is 11.2. The third kappa shape index (κ3) is 1.61. The van der Waals surface area contributed by atoms with Gasteiger partial charge in [-0.1, -0.05) is 18.3 Å². The molecule has 0 aliphatic carbocycles. The lowest BCUT2D eigenvalue weighted by molar-refractivity contribution is 0.0965. The first kappa shape index (κ1) is 9.12. The van der Waals surface area contributed by atoms with Crippen LogP contribution in [0.5, 0.6) is 0 Å². The van der Waals surface area contributed by atoms with Crippen LogP contribution in [0.15, 0.2) is 0 Å². The molecule has 1 aromatic rings. The highest BCUT2D eigenvalue weighted by Crippen LogP contribution is 2.18. The summed E-state index contributed by atoms with van der Waals surface area (Å²) < 4.78 is 3.74. The Morgan fingerprint density at radius 1 is 1.58 bits per heavy atom. The molecule has 4 nitrogen and oxygen atoms in total. The molecule has 1 N–H and O–H groups in total. The van der Waals surface area contributed by atoms with Gasteiger partial charge in [0.1, 0.15) is 4.88 Å². The van der Waals surface area contributed by atoms with Crippen LogP contribution in [0.4, 0.5) is 0 Å². The zero-order valence-corrected chi connectivity index (χ0v) is 8.10. The molecular formula is C7H11N3OS. The lowest BCUT2D eigenvalue weighted by atomic mass is 10.1. The minimum Gasteiger partial charge on any atom is -0.354 e. The second kappa shape index (κ2) is 3.62. The molecule has 0 radical (unpaired) electrons. The van der Waals surface area contributed by atoms with Crippen molar-refractivity contribution in [1.29, 1.82) is 0 Å². The topological polar surface area (TPSA) is 54.9 Å². The van der Waals surface area contributed by atoms with E-state index in [1.165, 1.54) is 0 Å². The number of carbonyl (C=O) groups is 1. The van der Waals surface area contributed by atoms with Gasteiger partial charge in [0.15, 0.2) is 0 Å². The highest BCUT2D eigenvalue weighted by atomic mass is 32.1. The van der Waals surface area contributed by atoms with Crippen molar-refractivity contribution in [3.63, 3.8) is 0 Å². The summed E-state index contributed by atoms with van der Waals surface area (Å²) in [5.41, 5.74) is 0.777. The predicted octanol–water partition coefficient (Wildman–Crippen LogP) is 1.02. The Balaban J connectivity index is 2.99. The highest BCUT2D eigenvalue weighted by Gasteiger charge is 2.16. The van der Waals surface area contributed by atoms with Crippen molar-refractivity contribution < 1.29 is 4.79 Å². The van der Waals surface area contributed by atoms with Crippen molar-refractivity contribution in [1.82, 2.24) is 14.9 Å². The van der Waals surface area contributed by atoms with Crippen LogP contribution in [0, 0.1) is 0 Å². The molecular weight excluding hydrogens is 174 g/mol. The third-order valence-electron chi connectivity index (χ3n) is 1.49. The average Bonchev–Trinajstić information content (AvgIpc) is 2.50. The molecule has 0 bridgehead atoms. The summed E-state index contributed by atoms with van der Waals surface area (Å²) in [5.74, 6) is 0.143. The standard InChI is InChI=1S/C7H11N3OS/c1-4(2)5-6(7(11)8-3)12-10-9-5/h4H,1-3H3,(H,8,11). The molecule has 0 saturated heterocycles. The zero-order chi connectivity index (χ0) is 9.14. The number of amides is 1. The molecule has 0 unspecified atom stereocenters. The van der Waals surface area contributed by atoms with Crippen LogP contribution in [0.1, 0.15) is 35.1 Å². The molecule has 0 fully saturated rings. The van der Waals surface area contributed by atoms with Gasteiger partial charge >= 0.3 is 0 Å². The minimum absolute atomic E-state index is 0.103. The molecule has 0 aromatic carbocycles. The fraction of sp³-hybridized carbons (Fsp3) is 0.571. The Labute approximate surface area is 75.2 Å². The Hall–Kier alpha value is -0.970. The summed E-state index contributed by atoms with van der Waals surface area (Å²) in [6, 6.07) is 0. The van der Waals surface area contributed by atoms with Gasteiger partial charge in [0.05, 0.1) is 5.69 Å². The number of rotatable bonds is 2. The van der Waals surface area contributed by atoms with Gasteiger partial charge in [-0.2, -0.15) is 0 Å². The van der Waals surface area contributed by atoms with E-state index in [4.69, 9.17) is 0 Å². The summed E-state index contributed by atoms with van der Waals surface area (Å²) in [6.45, 7) is 3.98. The lowest BCUT2D eigenvalue weighted by Gasteiger charge is -2.01. The van der Waals surface area contributed by atoms with Gasteiger partial charge in [-0.05, 0) is 17.5 Å². The van der Waals surface area contributed by atoms with Crippen molar-refractivity contribution in [2.75, 3.05) is 7.05 Å². The van der Waals surface area contributed by atoms with Crippen LogP contribution >= 0.6 is 11.5 Å². The largest absolute Gasteiger partial charge is 0.354 e. The molecule has 0 aliphatic heterocycles. The fourth-order valence-electron chi connectivity index (χ4n) is 0.846. The summed E-state index contributed by atoms with van der Waals surface area (Å²) in [5, 5.41) is 6.45. The Bertz CT molecular complexity index is 282.